The quantitative estimate of drug-likeness (QED) is 0.770. The third kappa shape index (κ3) is 2.16. The van der Waals surface area contributed by atoms with Crippen molar-refractivity contribution in [2.75, 3.05) is 0 Å². The van der Waals surface area contributed by atoms with Gasteiger partial charge < -0.3 is 4.98 Å². The lowest BCUT2D eigenvalue weighted by Gasteiger charge is -2.13. The van der Waals surface area contributed by atoms with E-state index in [1.807, 2.05) is 6.20 Å². The second kappa shape index (κ2) is 3.78. The van der Waals surface area contributed by atoms with Crippen molar-refractivity contribution in [1.82, 2.24) is 9.97 Å². The number of nitrogens with one attached hydrogen (secondary N) is 1. The zero-order valence-electron chi connectivity index (χ0n) is 10.3. The van der Waals surface area contributed by atoms with Gasteiger partial charge in [-0.15, -0.1) is 0 Å². The first-order valence-corrected chi connectivity index (χ1v) is 5.60. The Morgan fingerprint density at radius 2 is 1.69 bits per heavy atom. The molecule has 0 atom stereocenters. The van der Waals surface area contributed by atoms with Crippen LogP contribution in [0.4, 0.5) is 0 Å². The van der Waals surface area contributed by atoms with Crippen molar-refractivity contribution < 1.29 is 0 Å². The number of imidazole rings is 1. The lowest BCUT2D eigenvalue weighted by atomic mass is 9.96. The smallest absolute Gasteiger partial charge is 0.112 e. The average Bonchev–Trinajstić information content (AvgIpc) is 2.67. The van der Waals surface area contributed by atoms with Crippen molar-refractivity contribution in [2.45, 2.75) is 33.1 Å². The van der Waals surface area contributed by atoms with Crippen molar-refractivity contribution in [3.8, 4) is 11.3 Å². The van der Waals surface area contributed by atoms with E-state index in [9.17, 15) is 0 Å². The molecular formula is C14H18N2. The molecule has 0 aliphatic carbocycles. The standard InChI is InChI=1S/C14H18N2/c1-10-5-7-11(8-6-10)12-9-15-13(16-12)14(2,3)4/h5-9H,1-4H3,(H,15,16). The monoisotopic (exact) mass is 214 g/mol. The molecule has 2 rings (SSSR count). The van der Waals surface area contributed by atoms with Crippen LogP contribution in [0.3, 0.4) is 0 Å². The van der Waals surface area contributed by atoms with Gasteiger partial charge in [-0.1, -0.05) is 50.6 Å². The molecule has 0 spiro atoms. The van der Waals surface area contributed by atoms with Crippen LogP contribution in [0.2, 0.25) is 0 Å². The zero-order valence-corrected chi connectivity index (χ0v) is 10.3. The van der Waals surface area contributed by atoms with Crippen molar-refractivity contribution >= 4 is 0 Å². The number of aromatic nitrogens is 2. The molecule has 1 heterocycles. The van der Waals surface area contributed by atoms with Crippen LogP contribution < -0.4 is 0 Å². The Labute approximate surface area is 96.7 Å². The van der Waals surface area contributed by atoms with E-state index in [4.69, 9.17) is 0 Å². The van der Waals surface area contributed by atoms with E-state index in [2.05, 4.69) is 61.9 Å². The summed E-state index contributed by atoms with van der Waals surface area (Å²) in [6, 6.07) is 8.44. The summed E-state index contributed by atoms with van der Waals surface area (Å²) in [7, 11) is 0. The number of rotatable bonds is 1. The van der Waals surface area contributed by atoms with Crippen LogP contribution in [-0.4, -0.2) is 9.97 Å². The predicted octanol–water partition coefficient (Wildman–Crippen LogP) is 3.68. The Morgan fingerprint density at radius 1 is 1.06 bits per heavy atom. The van der Waals surface area contributed by atoms with Crippen LogP contribution >= 0.6 is 0 Å². The number of aryl methyl sites for hydroxylation is 1. The Hall–Kier alpha value is -1.57. The van der Waals surface area contributed by atoms with Gasteiger partial charge in [0.1, 0.15) is 5.82 Å². The van der Waals surface area contributed by atoms with E-state index in [1.54, 1.807) is 0 Å². The van der Waals surface area contributed by atoms with Gasteiger partial charge in [0.2, 0.25) is 0 Å². The van der Waals surface area contributed by atoms with E-state index in [1.165, 1.54) is 5.56 Å². The van der Waals surface area contributed by atoms with Crippen LogP contribution in [0, 0.1) is 6.92 Å². The minimum atomic E-state index is 0.0724. The number of nitrogens with zero attached hydrogens (tertiary/aromatic N) is 1. The molecule has 0 fully saturated rings. The van der Waals surface area contributed by atoms with Gasteiger partial charge in [-0.2, -0.15) is 0 Å². The van der Waals surface area contributed by atoms with E-state index >= 15 is 0 Å². The van der Waals surface area contributed by atoms with Gasteiger partial charge in [-0.05, 0) is 6.92 Å². The maximum atomic E-state index is 4.63. The minimum absolute atomic E-state index is 0.0724. The second-order valence-corrected chi connectivity index (χ2v) is 5.25. The highest BCUT2D eigenvalue weighted by Crippen LogP contribution is 2.23. The number of hydrogen-bond acceptors (Lipinski definition) is 1. The Kier molecular flexibility index (Phi) is 2.58. The Morgan fingerprint density at radius 3 is 2.19 bits per heavy atom. The first-order chi connectivity index (χ1) is 7.47. The lowest BCUT2D eigenvalue weighted by molar-refractivity contribution is 0.553. The van der Waals surface area contributed by atoms with Crippen molar-refractivity contribution in [1.29, 1.82) is 0 Å². The highest BCUT2D eigenvalue weighted by molar-refractivity contribution is 5.58. The van der Waals surface area contributed by atoms with Gasteiger partial charge in [-0.3, -0.25) is 0 Å². The highest BCUT2D eigenvalue weighted by atomic mass is 14.9. The van der Waals surface area contributed by atoms with Gasteiger partial charge in [0, 0.05) is 17.2 Å². The average molecular weight is 214 g/mol. The van der Waals surface area contributed by atoms with Crippen molar-refractivity contribution in [2.24, 2.45) is 0 Å². The molecule has 16 heavy (non-hydrogen) atoms. The first kappa shape index (κ1) is 10.9. The van der Waals surface area contributed by atoms with Gasteiger partial charge in [0.15, 0.2) is 0 Å². The summed E-state index contributed by atoms with van der Waals surface area (Å²) in [5.41, 5.74) is 3.53. The van der Waals surface area contributed by atoms with Crippen LogP contribution in [0.25, 0.3) is 11.3 Å². The molecule has 0 radical (unpaired) electrons. The molecule has 0 unspecified atom stereocenters. The Bertz CT molecular complexity index is 472. The number of benzene rings is 1. The SMILES string of the molecule is Cc1ccc(-c2c[nH]c(C(C)(C)C)n2)cc1. The van der Waals surface area contributed by atoms with Crippen LogP contribution in [0.5, 0.6) is 0 Å². The fourth-order valence-electron chi connectivity index (χ4n) is 1.58. The highest BCUT2D eigenvalue weighted by Gasteiger charge is 2.17. The second-order valence-electron chi connectivity index (χ2n) is 5.25. The van der Waals surface area contributed by atoms with Crippen molar-refractivity contribution in [3.63, 3.8) is 0 Å². The van der Waals surface area contributed by atoms with Crippen LogP contribution in [0.1, 0.15) is 32.2 Å². The zero-order chi connectivity index (χ0) is 11.8. The minimum Gasteiger partial charge on any atom is -0.348 e. The molecule has 1 aromatic carbocycles. The molecule has 2 nitrogen and oxygen atoms in total. The molecule has 0 amide bonds. The number of H-pyrrole nitrogens is 1. The first-order valence-electron chi connectivity index (χ1n) is 5.60. The normalized spacial score (nSPS) is 11.8. The summed E-state index contributed by atoms with van der Waals surface area (Å²) < 4.78 is 0. The summed E-state index contributed by atoms with van der Waals surface area (Å²) in [5.74, 6) is 1.03. The fourth-order valence-corrected chi connectivity index (χ4v) is 1.58. The maximum absolute atomic E-state index is 4.63. The summed E-state index contributed by atoms with van der Waals surface area (Å²) in [5, 5.41) is 0. The summed E-state index contributed by atoms with van der Waals surface area (Å²) >= 11 is 0. The number of aromatic amines is 1. The molecule has 0 aliphatic heterocycles. The van der Waals surface area contributed by atoms with E-state index in [-0.39, 0.29) is 5.41 Å². The predicted molar refractivity (Wildman–Crippen MR) is 67.5 cm³/mol. The summed E-state index contributed by atoms with van der Waals surface area (Å²) in [6.45, 7) is 8.56. The van der Waals surface area contributed by atoms with Crippen LogP contribution in [0.15, 0.2) is 30.5 Å². The third-order valence-electron chi connectivity index (χ3n) is 2.64. The molecule has 0 saturated heterocycles. The lowest BCUT2D eigenvalue weighted by Crippen LogP contribution is -2.13. The van der Waals surface area contributed by atoms with E-state index in [0.29, 0.717) is 0 Å². The van der Waals surface area contributed by atoms with Crippen molar-refractivity contribution in [3.05, 3.63) is 41.9 Å². The third-order valence-corrected chi connectivity index (χ3v) is 2.64. The fraction of sp³-hybridized carbons (Fsp3) is 0.357. The maximum Gasteiger partial charge on any atom is 0.112 e. The Balaban J connectivity index is 2.35. The summed E-state index contributed by atoms with van der Waals surface area (Å²) in [4.78, 5) is 7.87. The van der Waals surface area contributed by atoms with E-state index < -0.39 is 0 Å². The molecule has 2 aromatic rings. The van der Waals surface area contributed by atoms with E-state index in [0.717, 1.165) is 17.1 Å². The topological polar surface area (TPSA) is 28.7 Å². The molecule has 2 heteroatoms. The number of hydrogen-bond donors (Lipinski definition) is 1. The molecule has 0 saturated carbocycles. The molecule has 1 aromatic heterocycles. The van der Waals surface area contributed by atoms with Gasteiger partial charge in [-0.25, -0.2) is 4.98 Å². The molecular weight excluding hydrogens is 196 g/mol. The van der Waals surface area contributed by atoms with Gasteiger partial charge in [0.25, 0.3) is 0 Å². The largest absolute Gasteiger partial charge is 0.348 e. The summed E-state index contributed by atoms with van der Waals surface area (Å²) in [6.07, 6.45) is 1.98. The molecule has 0 bridgehead atoms. The molecule has 84 valence electrons. The molecule has 0 aliphatic rings. The molecule has 1 N–H and O–H groups in total. The van der Waals surface area contributed by atoms with Gasteiger partial charge >= 0.3 is 0 Å². The van der Waals surface area contributed by atoms with Crippen LogP contribution in [-0.2, 0) is 5.41 Å². The van der Waals surface area contributed by atoms with Gasteiger partial charge in [0.05, 0.1) is 5.69 Å².